The predicted molar refractivity (Wildman–Crippen MR) is 78.1 cm³/mol. The highest BCUT2D eigenvalue weighted by Crippen LogP contribution is 2.28. The first-order valence-electron chi connectivity index (χ1n) is 6.32. The summed E-state index contributed by atoms with van der Waals surface area (Å²) in [5.74, 6) is 0.293. The lowest BCUT2D eigenvalue weighted by Crippen LogP contribution is -2.36. The van der Waals surface area contributed by atoms with Crippen LogP contribution in [-0.4, -0.2) is 17.6 Å². The summed E-state index contributed by atoms with van der Waals surface area (Å²) in [6.45, 7) is 7.71. The molecule has 106 valence electrons. The molecule has 0 saturated carbocycles. The second-order valence-corrected chi connectivity index (χ2v) is 5.57. The van der Waals surface area contributed by atoms with Gasteiger partial charge in [0, 0.05) is 23.7 Å². The molecule has 1 aromatic carbocycles. The van der Waals surface area contributed by atoms with Gasteiger partial charge < -0.3 is 21.5 Å². The number of anilines is 2. The van der Waals surface area contributed by atoms with E-state index in [9.17, 15) is 4.79 Å². The van der Waals surface area contributed by atoms with Crippen LogP contribution in [-0.2, 0) is 4.79 Å². The molecular weight excluding hydrogens is 242 g/mol. The lowest BCUT2D eigenvalue weighted by molar-refractivity contribution is -0.118. The van der Waals surface area contributed by atoms with E-state index in [0.717, 1.165) is 5.69 Å². The van der Waals surface area contributed by atoms with Crippen molar-refractivity contribution in [2.75, 3.05) is 11.1 Å². The standard InChI is InChI=1S/C14H23N3O2/c1-9(2)19-12-7-10(5-6-11(12)15)17-14(3,4)8-13(16)18/h5-7,9,17H,8,15H2,1-4H3,(H2,16,18). The third-order valence-electron chi connectivity index (χ3n) is 2.48. The molecule has 0 spiro atoms. The number of nitrogens with one attached hydrogen (secondary N) is 1. The van der Waals surface area contributed by atoms with Gasteiger partial charge in [0.05, 0.1) is 11.8 Å². The lowest BCUT2D eigenvalue weighted by atomic mass is 10.00. The summed E-state index contributed by atoms with van der Waals surface area (Å²) in [6, 6.07) is 5.46. The number of amides is 1. The van der Waals surface area contributed by atoms with Crippen molar-refractivity contribution in [3.8, 4) is 5.75 Å². The summed E-state index contributed by atoms with van der Waals surface area (Å²) in [5.41, 5.74) is 12.1. The van der Waals surface area contributed by atoms with Crippen LogP contribution in [0.15, 0.2) is 18.2 Å². The molecule has 0 saturated heterocycles. The second kappa shape index (κ2) is 5.82. The maximum atomic E-state index is 11.0. The zero-order valence-electron chi connectivity index (χ0n) is 12.0. The highest BCUT2D eigenvalue weighted by molar-refractivity contribution is 5.76. The largest absolute Gasteiger partial charge is 0.489 e. The zero-order valence-corrected chi connectivity index (χ0v) is 12.0. The van der Waals surface area contributed by atoms with E-state index in [-0.39, 0.29) is 18.4 Å². The van der Waals surface area contributed by atoms with Crippen LogP contribution in [0.4, 0.5) is 11.4 Å². The summed E-state index contributed by atoms with van der Waals surface area (Å²) in [6.07, 6.45) is 0.300. The summed E-state index contributed by atoms with van der Waals surface area (Å²) < 4.78 is 5.62. The molecule has 5 nitrogen and oxygen atoms in total. The molecule has 0 radical (unpaired) electrons. The predicted octanol–water partition coefficient (Wildman–Crippen LogP) is 2.12. The molecular formula is C14H23N3O2. The number of carbonyl (C=O) groups excluding carboxylic acids is 1. The number of rotatable bonds is 6. The van der Waals surface area contributed by atoms with Crippen LogP contribution in [0.5, 0.6) is 5.75 Å². The minimum atomic E-state index is -0.420. The molecule has 19 heavy (non-hydrogen) atoms. The van der Waals surface area contributed by atoms with E-state index >= 15 is 0 Å². The van der Waals surface area contributed by atoms with Crippen LogP contribution in [0.2, 0.25) is 0 Å². The molecule has 0 aliphatic heterocycles. The molecule has 0 aliphatic rings. The second-order valence-electron chi connectivity index (χ2n) is 5.57. The highest BCUT2D eigenvalue weighted by atomic mass is 16.5. The minimum absolute atomic E-state index is 0.0520. The van der Waals surface area contributed by atoms with Gasteiger partial charge in [0.1, 0.15) is 5.75 Å². The Bertz CT molecular complexity index is 456. The topological polar surface area (TPSA) is 90.4 Å². The Morgan fingerprint density at radius 2 is 2.05 bits per heavy atom. The van der Waals surface area contributed by atoms with Crippen LogP contribution in [0.1, 0.15) is 34.1 Å². The average Bonchev–Trinajstić information content (AvgIpc) is 2.19. The van der Waals surface area contributed by atoms with Gasteiger partial charge in [-0.05, 0) is 39.8 Å². The Labute approximate surface area is 114 Å². The maximum absolute atomic E-state index is 11.0. The number of nitrogen functional groups attached to an aromatic ring is 1. The van der Waals surface area contributed by atoms with Crippen LogP contribution < -0.4 is 21.5 Å². The molecule has 0 aliphatic carbocycles. The number of hydrogen-bond donors (Lipinski definition) is 3. The van der Waals surface area contributed by atoms with Gasteiger partial charge in [-0.2, -0.15) is 0 Å². The van der Waals surface area contributed by atoms with Crippen molar-refractivity contribution in [3.63, 3.8) is 0 Å². The number of primary amides is 1. The van der Waals surface area contributed by atoms with E-state index in [4.69, 9.17) is 16.2 Å². The van der Waals surface area contributed by atoms with Crippen LogP contribution in [0, 0.1) is 0 Å². The first-order chi connectivity index (χ1) is 8.69. The molecule has 0 atom stereocenters. The van der Waals surface area contributed by atoms with Crippen molar-refractivity contribution < 1.29 is 9.53 Å². The number of carbonyl (C=O) groups is 1. The van der Waals surface area contributed by atoms with E-state index in [0.29, 0.717) is 11.4 Å². The maximum Gasteiger partial charge on any atom is 0.219 e. The fourth-order valence-corrected chi connectivity index (χ4v) is 1.84. The molecule has 0 fully saturated rings. The van der Waals surface area contributed by atoms with Crippen molar-refractivity contribution in [1.82, 2.24) is 0 Å². The van der Waals surface area contributed by atoms with Crippen molar-refractivity contribution in [2.24, 2.45) is 5.73 Å². The average molecular weight is 265 g/mol. The molecule has 0 bridgehead atoms. The van der Waals surface area contributed by atoms with E-state index in [2.05, 4.69) is 5.32 Å². The zero-order chi connectivity index (χ0) is 14.6. The van der Waals surface area contributed by atoms with E-state index in [1.54, 1.807) is 6.07 Å². The smallest absolute Gasteiger partial charge is 0.219 e. The van der Waals surface area contributed by atoms with Gasteiger partial charge in [-0.25, -0.2) is 0 Å². The Balaban J connectivity index is 2.87. The van der Waals surface area contributed by atoms with Gasteiger partial charge in [0.25, 0.3) is 0 Å². The molecule has 5 heteroatoms. The number of ether oxygens (including phenoxy) is 1. The number of nitrogens with two attached hydrogens (primary N) is 2. The van der Waals surface area contributed by atoms with Crippen molar-refractivity contribution >= 4 is 17.3 Å². The van der Waals surface area contributed by atoms with Crippen LogP contribution in [0.25, 0.3) is 0 Å². The minimum Gasteiger partial charge on any atom is -0.489 e. The molecule has 1 aromatic rings. The monoisotopic (exact) mass is 265 g/mol. The Kier molecular flexibility index (Phi) is 4.64. The summed E-state index contributed by atoms with van der Waals surface area (Å²) in [5, 5.41) is 3.25. The fraction of sp³-hybridized carbons (Fsp3) is 0.500. The summed E-state index contributed by atoms with van der Waals surface area (Å²) in [7, 11) is 0. The Hall–Kier alpha value is -1.91. The lowest BCUT2D eigenvalue weighted by Gasteiger charge is -2.26. The Morgan fingerprint density at radius 3 is 2.58 bits per heavy atom. The Morgan fingerprint density at radius 1 is 1.42 bits per heavy atom. The van der Waals surface area contributed by atoms with Gasteiger partial charge in [-0.3, -0.25) is 4.79 Å². The van der Waals surface area contributed by atoms with Crippen molar-refractivity contribution in [1.29, 1.82) is 0 Å². The van der Waals surface area contributed by atoms with Gasteiger partial charge >= 0.3 is 0 Å². The fourth-order valence-electron chi connectivity index (χ4n) is 1.84. The van der Waals surface area contributed by atoms with Crippen LogP contribution in [0.3, 0.4) is 0 Å². The first-order valence-corrected chi connectivity index (χ1v) is 6.32. The van der Waals surface area contributed by atoms with E-state index < -0.39 is 5.54 Å². The quantitative estimate of drug-likeness (QED) is 0.687. The number of hydrogen-bond acceptors (Lipinski definition) is 4. The normalized spacial score (nSPS) is 11.4. The molecule has 0 unspecified atom stereocenters. The molecule has 0 heterocycles. The van der Waals surface area contributed by atoms with E-state index in [1.807, 2.05) is 39.8 Å². The molecule has 1 rings (SSSR count). The first kappa shape index (κ1) is 15.1. The number of benzene rings is 1. The van der Waals surface area contributed by atoms with Gasteiger partial charge in [0.15, 0.2) is 0 Å². The third-order valence-corrected chi connectivity index (χ3v) is 2.48. The van der Waals surface area contributed by atoms with E-state index in [1.165, 1.54) is 0 Å². The summed E-state index contributed by atoms with van der Waals surface area (Å²) in [4.78, 5) is 11.0. The van der Waals surface area contributed by atoms with Gasteiger partial charge in [-0.15, -0.1) is 0 Å². The SMILES string of the molecule is CC(C)Oc1cc(NC(C)(C)CC(N)=O)ccc1N. The summed E-state index contributed by atoms with van der Waals surface area (Å²) >= 11 is 0. The van der Waals surface area contributed by atoms with Gasteiger partial charge in [-0.1, -0.05) is 0 Å². The molecule has 1 amide bonds. The highest BCUT2D eigenvalue weighted by Gasteiger charge is 2.20. The molecule has 5 N–H and O–H groups in total. The molecule has 0 aromatic heterocycles. The third kappa shape index (κ3) is 5.07. The van der Waals surface area contributed by atoms with Crippen molar-refractivity contribution in [2.45, 2.75) is 45.8 Å². The van der Waals surface area contributed by atoms with Crippen LogP contribution >= 0.6 is 0 Å². The van der Waals surface area contributed by atoms with Crippen molar-refractivity contribution in [3.05, 3.63) is 18.2 Å². The van der Waals surface area contributed by atoms with Gasteiger partial charge in [0.2, 0.25) is 5.91 Å².